The second kappa shape index (κ2) is 8.11. The molecule has 0 amide bonds. The average molecular weight is 303 g/mol. The Bertz CT molecular complexity index is 571. The van der Waals surface area contributed by atoms with E-state index in [0.717, 1.165) is 19.3 Å². The van der Waals surface area contributed by atoms with Crippen molar-refractivity contribution in [1.82, 2.24) is 9.97 Å². The normalized spacial score (nSPS) is 14.1. The van der Waals surface area contributed by atoms with E-state index in [9.17, 15) is 10.1 Å². The maximum Gasteiger partial charge on any atom is 0.353 e. The molecule has 0 saturated heterocycles. The molecule has 0 atom stereocenters. The van der Waals surface area contributed by atoms with E-state index in [0.29, 0.717) is 13.1 Å². The van der Waals surface area contributed by atoms with Crippen LogP contribution in [0.3, 0.4) is 0 Å². The van der Waals surface area contributed by atoms with Crippen molar-refractivity contribution in [2.75, 3.05) is 23.7 Å². The third-order valence-corrected chi connectivity index (χ3v) is 3.54. The predicted octanol–water partition coefficient (Wildman–Crippen LogP) is 3.29. The summed E-state index contributed by atoms with van der Waals surface area (Å²) in [6.45, 7) is 4.61. The monoisotopic (exact) mass is 303 g/mol. The number of nitrogens with zero attached hydrogens (tertiary/aromatic N) is 3. The molecule has 7 nitrogen and oxygen atoms in total. The second-order valence-electron chi connectivity index (χ2n) is 5.13. The van der Waals surface area contributed by atoms with Crippen LogP contribution in [0.15, 0.2) is 30.6 Å². The van der Waals surface area contributed by atoms with Gasteiger partial charge in [-0.1, -0.05) is 17.7 Å². The zero-order valence-corrected chi connectivity index (χ0v) is 12.5. The van der Waals surface area contributed by atoms with Gasteiger partial charge in [-0.2, -0.15) is 0 Å². The van der Waals surface area contributed by atoms with E-state index in [-0.39, 0.29) is 17.3 Å². The van der Waals surface area contributed by atoms with E-state index in [4.69, 9.17) is 0 Å². The Morgan fingerprint density at radius 3 is 2.73 bits per heavy atom. The van der Waals surface area contributed by atoms with Crippen LogP contribution in [-0.4, -0.2) is 28.0 Å². The Hall–Kier alpha value is -2.44. The summed E-state index contributed by atoms with van der Waals surface area (Å²) in [6.07, 6.45) is 10.8. The Kier molecular flexibility index (Phi) is 5.88. The van der Waals surface area contributed by atoms with Crippen molar-refractivity contribution in [3.63, 3.8) is 0 Å². The molecule has 0 spiro atoms. The standard InChI is InChI=1S/C15H21N5O2/c1-2-9-16-14-13(20(21)22)15(19-11-18-14)17-10-8-12-6-4-3-5-7-12/h2,6,11H,1,3-5,7-10H2,(H2,16,17,18,19). The van der Waals surface area contributed by atoms with Crippen LogP contribution in [0.5, 0.6) is 0 Å². The van der Waals surface area contributed by atoms with Gasteiger partial charge in [-0.25, -0.2) is 9.97 Å². The summed E-state index contributed by atoms with van der Waals surface area (Å²) < 4.78 is 0. The summed E-state index contributed by atoms with van der Waals surface area (Å²) in [6, 6.07) is 0. The highest BCUT2D eigenvalue weighted by Gasteiger charge is 2.22. The number of nitrogens with one attached hydrogen (secondary N) is 2. The number of hydrogen-bond donors (Lipinski definition) is 2. The molecule has 7 heteroatoms. The van der Waals surface area contributed by atoms with Gasteiger partial charge in [0.1, 0.15) is 6.33 Å². The number of allylic oxidation sites excluding steroid dienone is 1. The van der Waals surface area contributed by atoms with Gasteiger partial charge in [-0.15, -0.1) is 6.58 Å². The quantitative estimate of drug-likeness (QED) is 0.435. The Balaban J connectivity index is 2.04. The molecule has 118 valence electrons. The molecule has 2 N–H and O–H groups in total. The molecule has 0 radical (unpaired) electrons. The molecule has 1 aromatic rings. The molecule has 0 aromatic carbocycles. The number of anilines is 2. The smallest absolute Gasteiger partial charge is 0.353 e. The molecule has 1 aliphatic rings. The lowest BCUT2D eigenvalue weighted by atomic mass is 9.97. The summed E-state index contributed by atoms with van der Waals surface area (Å²) in [5.74, 6) is 0.460. The molecule has 0 bridgehead atoms. The second-order valence-corrected chi connectivity index (χ2v) is 5.13. The van der Waals surface area contributed by atoms with Gasteiger partial charge in [0.05, 0.1) is 4.92 Å². The Morgan fingerprint density at radius 1 is 1.32 bits per heavy atom. The SMILES string of the molecule is C=CCNc1ncnc(NCCC2=CCCCC2)c1[N+](=O)[O-]. The van der Waals surface area contributed by atoms with Gasteiger partial charge in [0.15, 0.2) is 0 Å². The lowest BCUT2D eigenvalue weighted by Crippen LogP contribution is -2.11. The summed E-state index contributed by atoms with van der Waals surface area (Å²) in [5, 5.41) is 17.2. The zero-order valence-electron chi connectivity index (χ0n) is 12.5. The molecule has 0 saturated carbocycles. The third kappa shape index (κ3) is 4.28. The van der Waals surface area contributed by atoms with E-state index in [1.807, 2.05) is 0 Å². The first-order valence-corrected chi connectivity index (χ1v) is 7.48. The fourth-order valence-corrected chi connectivity index (χ4v) is 2.45. The van der Waals surface area contributed by atoms with Crippen molar-refractivity contribution in [3.8, 4) is 0 Å². The molecule has 0 aliphatic heterocycles. The molecule has 1 aliphatic carbocycles. The lowest BCUT2D eigenvalue weighted by molar-refractivity contribution is -0.383. The zero-order chi connectivity index (χ0) is 15.8. The predicted molar refractivity (Wildman–Crippen MR) is 87.0 cm³/mol. The van der Waals surface area contributed by atoms with Crippen molar-refractivity contribution < 1.29 is 4.92 Å². The van der Waals surface area contributed by atoms with Crippen LogP contribution in [0.25, 0.3) is 0 Å². The summed E-state index contributed by atoms with van der Waals surface area (Å²) >= 11 is 0. The lowest BCUT2D eigenvalue weighted by Gasteiger charge is -2.13. The summed E-state index contributed by atoms with van der Waals surface area (Å²) in [5.41, 5.74) is 1.29. The fraction of sp³-hybridized carbons (Fsp3) is 0.467. The van der Waals surface area contributed by atoms with Crippen molar-refractivity contribution in [1.29, 1.82) is 0 Å². The van der Waals surface area contributed by atoms with Crippen molar-refractivity contribution in [3.05, 3.63) is 40.7 Å². The maximum absolute atomic E-state index is 11.3. The van der Waals surface area contributed by atoms with Gasteiger partial charge in [0.2, 0.25) is 11.6 Å². The first kappa shape index (κ1) is 15.9. The van der Waals surface area contributed by atoms with Gasteiger partial charge in [0, 0.05) is 13.1 Å². The molecular formula is C15H21N5O2. The highest BCUT2D eigenvalue weighted by molar-refractivity contribution is 5.69. The highest BCUT2D eigenvalue weighted by atomic mass is 16.6. The van der Waals surface area contributed by atoms with Crippen LogP contribution in [0.2, 0.25) is 0 Å². The fourth-order valence-electron chi connectivity index (χ4n) is 2.45. The maximum atomic E-state index is 11.3. The van der Waals surface area contributed by atoms with Crippen LogP contribution in [0, 0.1) is 10.1 Å². The number of hydrogen-bond acceptors (Lipinski definition) is 6. The van der Waals surface area contributed by atoms with E-state index in [1.165, 1.54) is 24.7 Å². The van der Waals surface area contributed by atoms with Crippen molar-refractivity contribution >= 4 is 17.3 Å². The number of aromatic nitrogens is 2. The molecule has 2 rings (SSSR count). The first-order chi connectivity index (χ1) is 10.7. The van der Waals surface area contributed by atoms with Crippen LogP contribution < -0.4 is 10.6 Å². The minimum absolute atomic E-state index is 0.123. The van der Waals surface area contributed by atoms with E-state index in [1.54, 1.807) is 6.08 Å². The van der Waals surface area contributed by atoms with Gasteiger partial charge in [0.25, 0.3) is 0 Å². The number of rotatable bonds is 8. The van der Waals surface area contributed by atoms with Gasteiger partial charge >= 0.3 is 5.69 Å². The highest BCUT2D eigenvalue weighted by Crippen LogP contribution is 2.29. The molecule has 1 aromatic heterocycles. The molecule has 22 heavy (non-hydrogen) atoms. The molecule has 0 unspecified atom stereocenters. The number of nitro groups is 1. The summed E-state index contributed by atoms with van der Waals surface area (Å²) in [4.78, 5) is 18.7. The molecule has 0 fully saturated rings. The van der Waals surface area contributed by atoms with E-state index < -0.39 is 4.92 Å². The minimum atomic E-state index is -0.465. The Morgan fingerprint density at radius 2 is 2.09 bits per heavy atom. The van der Waals surface area contributed by atoms with E-state index in [2.05, 4.69) is 33.3 Å². The van der Waals surface area contributed by atoms with Crippen LogP contribution in [-0.2, 0) is 0 Å². The average Bonchev–Trinajstić information content (AvgIpc) is 2.53. The third-order valence-electron chi connectivity index (χ3n) is 3.54. The van der Waals surface area contributed by atoms with E-state index >= 15 is 0 Å². The molecule has 1 heterocycles. The van der Waals surface area contributed by atoms with Crippen LogP contribution >= 0.6 is 0 Å². The summed E-state index contributed by atoms with van der Waals surface area (Å²) in [7, 11) is 0. The largest absolute Gasteiger partial charge is 0.364 e. The first-order valence-electron chi connectivity index (χ1n) is 7.48. The van der Waals surface area contributed by atoms with Crippen molar-refractivity contribution in [2.24, 2.45) is 0 Å². The Labute approximate surface area is 129 Å². The van der Waals surface area contributed by atoms with Gasteiger partial charge in [-0.05, 0) is 32.1 Å². The molecular weight excluding hydrogens is 282 g/mol. The van der Waals surface area contributed by atoms with Crippen LogP contribution in [0.4, 0.5) is 17.3 Å². The minimum Gasteiger partial charge on any atom is -0.364 e. The topological polar surface area (TPSA) is 93.0 Å². The van der Waals surface area contributed by atoms with Gasteiger partial charge < -0.3 is 10.6 Å². The van der Waals surface area contributed by atoms with Crippen LogP contribution in [0.1, 0.15) is 32.1 Å². The van der Waals surface area contributed by atoms with Crippen molar-refractivity contribution in [2.45, 2.75) is 32.1 Å². The van der Waals surface area contributed by atoms with Gasteiger partial charge in [-0.3, -0.25) is 10.1 Å².